The first-order chi connectivity index (χ1) is 7.65. The molecular weight excluding hydrogens is 275 g/mol. The molecule has 0 fully saturated rings. The summed E-state index contributed by atoms with van der Waals surface area (Å²) < 4.78 is 18.6. The number of benzene rings is 2. The van der Waals surface area contributed by atoms with Crippen molar-refractivity contribution in [2.45, 2.75) is 0 Å². The first-order valence-electron chi connectivity index (χ1n) is 4.60. The third kappa shape index (κ3) is 1.69. The van der Waals surface area contributed by atoms with Crippen LogP contribution >= 0.6 is 15.9 Å². The van der Waals surface area contributed by atoms with Crippen molar-refractivity contribution in [1.29, 1.82) is 0 Å². The van der Waals surface area contributed by atoms with E-state index in [2.05, 4.69) is 20.7 Å². The van der Waals surface area contributed by atoms with Gasteiger partial charge in [-0.3, -0.25) is 0 Å². The van der Waals surface area contributed by atoms with Gasteiger partial charge in [0.25, 0.3) is 0 Å². The summed E-state index contributed by atoms with van der Waals surface area (Å²) in [5.74, 6) is -1.27. The smallest absolute Gasteiger partial charge is 0.340 e. The van der Waals surface area contributed by atoms with E-state index in [1.807, 2.05) is 18.2 Å². The number of hydrogen-bond donors (Lipinski definition) is 0. The van der Waals surface area contributed by atoms with Crippen molar-refractivity contribution in [2.24, 2.45) is 0 Å². The molecule has 0 aliphatic rings. The largest absolute Gasteiger partial charge is 0.465 e. The molecule has 82 valence electrons. The third-order valence-electron chi connectivity index (χ3n) is 2.33. The van der Waals surface area contributed by atoms with Crippen LogP contribution in [0.2, 0.25) is 0 Å². The Bertz CT molecular complexity index is 566. The number of carbonyl (C=O) groups is 1. The van der Waals surface area contributed by atoms with Gasteiger partial charge in [0, 0.05) is 0 Å². The van der Waals surface area contributed by atoms with Crippen LogP contribution in [0.15, 0.2) is 34.8 Å². The van der Waals surface area contributed by atoms with Crippen LogP contribution in [0.4, 0.5) is 4.39 Å². The second-order valence-electron chi connectivity index (χ2n) is 3.26. The second kappa shape index (κ2) is 4.22. The van der Waals surface area contributed by atoms with E-state index >= 15 is 0 Å². The van der Waals surface area contributed by atoms with Crippen LogP contribution < -0.4 is 0 Å². The Labute approximate surface area is 100 Å². The fourth-order valence-corrected chi connectivity index (χ4v) is 2.11. The summed E-state index contributed by atoms with van der Waals surface area (Å²) in [6.45, 7) is 0. The number of rotatable bonds is 1. The van der Waals surface area contributed by atoms with E-state index < -0.39 is 11.8 Å². The highest BCUT2D eigenvalue weighted by Crippen LogP contribution is 2.29. The lowest BCUT2D eigenvalue weighted by Crippen LogP contribution is -2.05. The molecule has 0 amide bonds. The standard InChI is InChI=1S/C12H8BrFO2/c1-16-12(15)9-6-7-4-2-3-5-8(7)10(13)11(9)14/h2-6H,1H3. The molecule has 0 saturated heterocycles. The lowest BCUT2D eigenvalue weighted by molar-refractivity contribution is 0.0595. The Morgan fingerprint density at radius 3 is 2.75 bits per heavy atom. The fraction of sp³-hybridized carbons (Fsp3) is 0.0833. The SMILES string of the molecule is COC(=O)c1cc2ccccc2c(Br)c1F. The molecule has 0 saturated carbocycles. The minimum absolute atomic E-state index is 0.0620. The zero-order valence-electron chi connectivity index (χ0n) is 8.46. The Morgan fingerprint density at radius 1 is 1.38 bits per heavy atom. The molecule has 4 heteroatoms. The number of esters is 1. The number of ether oxygens (including phenoxy) is 1. The predicted octanol–water partition coefficient (Wildman–Crippen LogP) is 3.53. The molecule has 0 atom stereocenters. The van der Waals surface area contributed by atoms with Gasteiger partial charge in [0.2, 0.25) is 0 Å². The molecule has 0 bridgehead atoms. The number of methoxy groups -OCH3 is 1. The highest BCUT2D eigenvalue weighted by Gasteiger charge is 2.17. The highest BCUT2D eigenvalue weighted by atomic mass is 79.9. The molecule has 0 N–H and O–H groups in total. The minimum Gasteiger partial charge on any atom is -0.465 e. The molecule has 0 radical (unpaired) electrons. The quantitative estimate of drug-likeness (QED) is 0.748. The molecule has 2 aromatic carbocycles. The second-order valence-corrected chi connectivity index (χ2v) is 4.06. The van der Waals surface area contributed by atoms with Gasteiger partial charge in [0.1, 0.15) is 0 Å². The minimum atomic E-state index is -0.677. The van der Waals surface area contributed by atoms with Gasteiger partial charge in [-0.15, -0.1) is 0 Å². The summed E-state index contributed by atoms with van der Waals surface area (Å²) in [5, 5.41) is 1.52. The van der Waals surface area contributed by atoms with Gasteiger partial charge in [-0.1, -0.05) is 24.3 Å². The Balaban J connectivity index is 2.78. The van der Waals surface area contributed by atoms with Crippen molar-refractivity contribution < 1.29 is 13.9 Å². The van der Waals surface area contributed by atoms with Crippen LogP contribution in [-0.4, -0.2) is 13.1 Å². The van der Waals surface area contributed by atoms with Crippen molar-refractivity contribution in [3.63, 3.8) is 0 Å². The van der Waals surface area contributed by atoms with Gasteiger partial charge in [-0.2, -0.15) is 0 Å². The molecule has 0 aliphatic heterocycles. The molecule has 0 aliphatic carbocycles. The van der Waals surface area contributed by atoms with E-state index in [1.54, 1.807) is 6.07 Å². The van der Waals surface area contributed by atoms with Gasteiger partial charge in [0.15, 0.2) is 5.82 Å². The van der Waals surface area contributed by atoms with Crippen LogP contribution in [0.5, 0.6) is 0 Å². The zero-order chi connectivity index (χ0) is 11.7. The van der Waals surface area contributed by atoms with Crippen molar-refractivity contribution >= 4 is 32.7 Å². The van der Waals surface area contributed by atoms with E-state index in [-0.39, 0.29) is 10.0 Å². The van der Waals surface area contributed by atoms with Crippen molar-refractivity contribution in [2.75, 3.05) is 7.11 Å². The number of hydrogen-bond acceptors (Lipinski definition) is 2. The highest BCUT2D eigenvalue weighted by molar-refractivity contribution is 9.10. The summed E-state index contributed by atoms with van der Waals surface area (Å²) in [7, 11) is 1.23. The van der Waals surface area contributed by atoms with Crippen molar-refractivity contribution in [3.8, 4) is 0 Å². The molecule has 2 nitrogen and oxygen atoms in total. The van der Waals surface area contributed by atoms with Crippen LogP contribution in [0.3, 0.4) is 0 Å². The van der Waals surface area contributed by atoms with Crippen molar-refractivity contribution in [3.05, 3.63) is 46.2 Å². The van der Waals surface area contributed by atoms with Crippen LogP contribution in [0.1, 0.15) is 10.4 Å². The van der Waals surface area contributed by atoms with E-state index in [0.29, 0.717) is 0 Å². The third-order valence-corrected chi connectivity index (χ3v) is 3.11. The van der Waals surface area contributed by atoms with Crippen LogP contribution in [0, 0.1) is 5.82 Å². The molecule has 0 spiro atoms. The topological polar surface area (TPSA) is 26.3 Å². The molecule has 2 rings (SSSR count). The lowest BCUT2D eigenvalue weighted by Gasteiger charge is -2.06. The van der Waals surface area contributed by atoms with E-state index in [0.717, 1.165) is 10.8 Å². The predicted molar refractivity (Wildman–Crippen MR) is 62.9 cm³/mol. The zero-order valence-corrected chi connectivity index (χ0v) is 10.0. The van der Waals surface area contributed by atoms with Gasteiger partial charge in [0.05, 0.1) is 17.1 Å². The summed E-state index contributed by atoms with van der Waals surface area (Å²) in [6.07, 6.45) is 0. The van der Waals surface area contributed by atoms with E-state index in [4.69, 9.17) is 0 Å². The Morgan fingerprint density at radius 2 is 2.06 bits per heavy atom. The van der Waals surface area contributed by atoms with Gasteiger partial charge in [-0.05, 0) is 32.8 Å². The Hall–Kier alpha value is -1.42. The molecule has 0 heterocycles. The van der Waals surface area contributed by atoms with Crippen LogP contribution in [-0.2, 0) is 4.74 Å². The normalized spacial score (nSPS) is 10.4. The molecule has 2 aromatic rings. The van der Waals surface area contributed by atoms with E-state index in [1.165, 1.54) is 13.2 Å². The van der Waals surface area contributed by atoms with Crippen LogP contribution in [0.25, 0.3) is 10.8 Å². The maximum Gasteiger partial charge on any atom is 0.340 e. The first-order valence-corrected chi connectivity index (χ1v) is 5.39. The summed E-state index contributed by atoms with van der Waals surface area (Å²) >= 11 is 3.15. The average molecular weight is 283 g/mol. The van der Waals surface area contributed by atoms with Gasteiger partial charge in [-0.25, -0.2) is 9.18 Å². The Kier molecular flexibility index (Phi) is 2.92. The van der Waals surface area contributed by atoms with E-state index in [9.17, 15) is 9.18 Å². The monoisotopic (exact) mass is 282 g/mol. The maximum atomic E-state index is 13.8. The molecule has 0 unspecified atom stereocenters. The number of carbonyl (C=O) groups excluding carboxylic acids is 1. The number of fused-ring (bicyclic) bond motifs is 1. The average Bonchev–Trinajstić information content (AvgIpc) is 2.33. The summed E-state index contributed by atoms with van der Waals surface area (Å²) in [4.78, 5) is 11.3. The number of halogens is 2. The first kappa shape index (κ1) is 11.1. The molecule has 0 aromatic heterocycles. The maximum absolute atomic E-state index is 13.8. The molecule has 16 heavy (non-hydrogen) atoms. The van der Waals surface area contributed by atoms with Gasteiger partial charge >= 0.3 is 5.97 Å². The summed E-state index contributed by atoms with van der Waals surface area (Å²) in [6, 6.07) is 8.72. The molecular formula is C12H8BrFO2. The van der Waals surface area contributed by atoms with Crippen molar-refractivity contribution in [1.82, 2.24) is 0 Å². The van der Waals surface area contributed by atoms with Gasteiger partial charge < -0.3 is 4.74 Å². The lowest BCUT2D eigenvalue weighted by atomic mass is 10.1. The fourth-order valence-electron chi connectivity index (χ4n) is 1.54. The summed E-state index contributed by atoms with van der Waals surface area (Å²) in [5.41, 5.74) is -0.0620.